The maximum atomic E-state index is 12.1. The molecule has 0 aromatic carbocycles. The van der Waals surface area contributed by atoms with Gasteiger partial charge in [0.1, 0.15) is 5.60 Å². The molecule has 1 aromatic heterocycles. The van der Waals surface area contributed by atoms with Crippen LogP contribution in [0.1, 0.15) is 59.9 Å². The van der Waals surface area contributed by atoms with Crippen molar-refractivity contribution in [2.75, 3.05) is 20.2 Å². The molecule has 7 heteroatoms. The quantitative estimate of drug-likeness (QED) is 0.772. The van der Waals surface area contributed by atoms with Crippen molar-refractivity contribution in [1.29, 1.82) is 0 Å². The lowest BCUT2D eigenvalue weighted by Gasteiger charge is -2.32. The lowest BCUT2D eigenvalue weighted by Crippen LogP contribution is -2.41. The molecule has 2 heterocycles. The van der Waals surface area contributed by atoms with E-state index in [0.29, 0.717) is 18.8 Å². The number of carbonyl (C=O) groups is 2. The van der Waals surface area contributed by atoms with E-state index >= 15 is 0 Å². The Morgan fingerprint density at radius 1 is 1.26 bits per heavy atom. The number of aromatic nitrogens is 1. The first-order valence-electron chi connectivity index (χ1n) is 7.75. The van der Waals surface area contributed by atoms with Crippen LogP contribution in [-0.2, 0) is 9.47 Å². The Labute approximate surface area is 140 Å². The largest absolute Gasteiger partial charge is 0.464 e. The number of rotatable bonds is 2. The standard InChI is InChI=1S/C16H24N2O4S/c1-10-12(14(19)21-5)17-13(23-10)11-6-8-18(9-7-11)15(20)22-16(2,3)4/h11H,6-9H2,1-5H3. The first-order valence-corrected chi connectivity index (χ1v) is 8.56. The Bertz CT molecular complexity index is 583. The molecule has 23 heavy (non-hydrogen) atoms. The molecule has 0 aliphatic carbocycles. The van der Waals surface area contributed by atoms with Gasteiger partial charge in [0.05, 0.1) is 12.1 Å². The van der Waals surface area contributed by atoms with Gasteiger partial charge in [-0.05, 0) is 40.5 Å². The van der Waals surface area contributed by atoms with E-state index in [-0.39, 0.29) is 12.0 Å². The number of thiazole rings is 1. The molecule has 1 aromatic rings. The monoisotopic (exact) mass is 340 g/mol. The Balaban J connectivity index is 1.97. The molecule has 1 aliphatic rings. The van der Waals surface area contributed by atoms with Crippen molar-refractivity contribution >= 4 is 23.4 Å². The molecule has 0 bridgehead atoms. The predicted molar refractivity (Wildman–Crippen MR) is 88.0 cm³/mol. The third kappa shape index (κ3) is 4.43. The molecule has 0 saturated carbocycles. The van der Waals surface area contributed by atoms with E-state index in [4.69, 9.17) is 9.47 Å². The number of nitrogens with zero attached hydrogens (tertiary/aromatic N) is 2. The summed E-state index contributed by atoms with van der Waals surface area (Å²) in [6, 6.07) is 0. The highest BCUT2D eigenvalue weighted by molar-refractivity contribution is 7.12. The van der Waals surface area contributed by atoms with Crippen molar-refractivity contribution in [2.45, 2.75) is 52.1 Å². The first-order chi connectivity index (χ1) is 10.7. The Morgan fingerprint density at radius 3 is 2.39 bits per heavy atom. The summed E-state index contributed by atoms with van der Waals surface area (Å²) >= 11 is 1.54. The van der Waals surface area contributed by atoms with Gasteiger partial charge in [-0.1, -0.05) is 0 Å². The van der Waals surface area contributed by atoms with Gasteiger partial charge in [-0.2, -0.15) is 0 Å². The van der Waals surface area contributed by atoms with Gasteiger partial charge in [-0.25, -0.2) is 14.6 Å². The molecule has 0 atom stereocenters. The van der Waals surface area contributed by atoms with Crippen LogP contribution in [0.4, 0.5) is 4.79 Å². The average Bonchev–Trinajstić information content (AvgIpc) is 2.87. The summed E-state index contributed by atoms with van der Waals surface area (Å²) in [6.07, 6.45) is 1.39. The van der Waals surface area contributed by atoms with Gasteiger partial charge >= 0.3 is 12.1 Å². The average molecular weight is 340 g/mol. The summed E-state index contributed by atoms with van der Waals surface area (Å²) in [6.45, 7) is 8.76. The van der Waals surface area contributed by atoms with Crippen LogP contribution in [0.3, 0.4) is 0 Å². The van der Waals surface area contributed by atoms with Crippen LogP contribution in [0, 0.1) is 6.92 Å². The Kier molecular flexibility index (Phi) is 5.29. The minimum Gasteiger partial charge on any atom is -0.464 e. The lowest BCUT2D eigenvalue weighted by molar-refractivity contribution is 0.0204. The van der Waals surface area contributed by atoms with Crippen molar-refractivity contribution in [3.8, 4) is 0 Å². The smallest absolute Gasteiger partial charge is 0.410 e. The molecular weight excluding hydrogens is 316 g/mol. The van der Waals surface area contributed by atoms with Gasteiger partial charge in [-0.15, -0.1) is 11.3 Å². The van der Waals surface area contributed by atoms with E-state index < -0.39 is 11.6 Å². The van der Waals surface area contributed by atoms with Crippen molar-refractivity contribution in [3.63, 3.8) is 0 Å². The second-order valence-corrected chi connectivity index (χ2v) is 7.92. The number of hydrogen-bond acceptors (Lipinski definition) is 6. The van der Waals surface area contributed by atoms with Gasteiger partial charge in [0.25, 0.3) is 0 Å². The number of likely N-dealkylation sites (tertiary alicyclic amines) is 1. The van der Waals surface area contributed by atoms with Crippen LogP contribution in [0.2, 0.25) is 0 Å². The molecule has 0 N–H and O–H groups in total. The van der Waals surface area contributed by atoms with E-state index in [1.54, 1.807) is 4.90 Å². The molecule has 2 rings (SSSR count). The van der Waals surface area contributed by atoms with Crippen LogP contribution in [0.5, 0.6) is 0 Å². The molecular formula is C16H24N2O4S. The topological polar surface area (TPSA) is 68.7 Å². The highest BCUT2D eigenvalue weighted by atomic mass is 32.1. The summed E-state index contributed by atoms with van der Waals surface area (Å²) in [5.41, 5.74) is -0.0717. The molecule has 0 radical (unpaired) electrons. The number of carbonyl (C=O) groups excluding carboxylic acids is 2. The fourth-order valence-electron chi connectivity index (χ4n) is 2.51. The van der Waals surface area contributed by atoms with Gasteiger partial charge in [0.15, 0.2) is 5.69 Å². The van der Waals surface area contributed by atoms with E-state index in [0.717, 1.165) is 22.7 Å². The Morgan fingerprint density at radius 2 is 1.87 bits per heavy atom. The van der Waals surface area contributed by atoms with Gasteiger partial charge in [0.2, 0.25) is 0 Å². The van der Waals surface area contributed by atoms with E-state index in [9.17, 15) is 9.59 Å². The van der Waals surface area contributed by atoms with Crippen LogP contribution in [0.15, 0.2) is 0 Å². The summed E-state index contributed by atoms with van der Waals surface area (Å²) in [4.78, 5) is 30.8. The third-order valence-electron chi connectivity index (χ3n) is 3.69. The molecule has 0 spiro atoms. The normalized spacial score (nSPS) is 16.3. The number of methoxy groups -OCH3 is 1. The fraction of sp³-hybridized carbons (Fsp3) is 0.688. The number of ether oxygens (including phenoxy) is 2. The van der Waals surface area contributed by atoms with Crippen molar-refractivity contribution in [2.24, 2.45) is 0 Å². The second-order valence-electron chi connectivity index (χ2n) is 6.69. The number of aryl methyl sites for hydroxylation is 1. The number of piperidine rings is 1. The summed E-state index contributed by atoms with van der Waals surface area (Å²) < 4.78 is 10.1. The maximum absolute atomic E-state index is 12.1. The lowest BCUT2D eigenvalue weighted by atomic mass is 9.98. The highest BCUT2D eigenvalue weighted by Gasteiger charge is 2.29. The fourth-order valence-corrected chi connectivity index (χ4v) is 3.59. The van der Waals surface area contributed by atoms with Gasteiger partial charge < -0.3 is 14.4 Å². The number of amides is 1. The number of esters is 1. The summed E-state index contributed by atoms with van der Waals surface area (Å²) in [5, 5.41) is 0.951. The Hall–Kier alpha value is -1.63. The van der Waals surface area contributed by atoms with Gasteiger partial charge in [-0.3, -0.25) is 0 Å². The van der Waals surface area contributed by atoms with Crippen LogP contribution in [0.25, 0.3) is 0 Å². The summed E-state index contributed by atoms with van der Waals surface area (Å²) in [5.74, 6) is -0.119. The molecule has 1 saturated heterocycles. The van der Waals surface area contributed by atoms with E-state index in [1.807, 2.05) is 27.7 Å². The van der Waals surface area contributed by atoms with Crippen molar-refractivity contribution in [3.05, 3.63) is 15.6 Å². The zero-order valence-electron chi connectivity index (χ0n) is 14.3. The third-order valence-corrected chi connectivity index (χ3v) is 4.82. The molecule has 1 amide bonds. The van der Waals surface area contributed by atoms with Gasteiger partial charge in [0, 0.05) is 23.9 Å². The van der Waals surface area contributed by atoms with Crippen LogP contribution in [-0.4, -0.2) is 47.7 Å². The van der Waals surface area contributed by atoms with Crippen LogP contribution < -0.4 is 0 Å². The van der Waals surface area contributed by atoms with Crippen molar-refractivity contribution < 1.29 is 19.1 Å². The van der Waals surface area contributed by atoms with Crippen LogP contribution >= 0.6 is 11.3 Å². The van der Waals surface area contributed by atoms with Crippen molar-refractivity contribution in [1.82, 2.24) is 9.88 Å². The minimum atomic E-state index is -0.476. The predicted octanol–water partition coefficient (Wildman–Crippen LogP) is 3.35. The van der Waals surface area contributed by atoms with E-state index in [2.05, 4.69) is 4.98 Å². The molecule has 128 valence electrons. The summed E-state index contributed by atoms with van der Waals surface area (Å²) in [7, 11) is 1.36. The maximum Gasteiger partial charge on any atom is 0.410 e. The zero-order chi connectivity index (χ0) is 17.2. The van der Waals surface area contributed by atoms with E-state index in [1.165, 1.54) is 18.4 Å². The molecule has 1 aliphatic heterocycles. The molecule has 0 unspecified atom stereocenters. The number of hydrogen-bond donors (Lipinski definition) is 0. The second kappa shape index (κ2) is 6.86. The first kappa shape index (κ1) is 17.7. The zero-order valence-corrected chi connectivity index (χ0v) is 15.2. The minimum absolute atomic E-state index is 0.262. The SMILES string of the molecule is COC(=O)c1nc(C2CCN(C(=O)OC(C)(C)C)CC2)sc1C. The molecule has 6 nitrogen and oxygen atoms in total. The highest BCUT2D eigenvalue weighted by Crippen LogP contribution is 2.33. The molecule has 1 fully saturated rings.